The van der Waals surface area contributed by atoms with Gasteiger partial charge in [-0.2, -0.15) is 0 Å². The first kappa shape index (κ1) is 15.3. The summed E-state index contributed by atoms with van der Waals surface area (Å²) in [7, 11) is 1.94. The average molecular weight is 287 g/mol. The van der Waals surface area contributed by atoms with E-state index < -0.39 is 5.82 Å². The van der Waals surface area contributed by atoms with Gasteiger partial charge in [0.2, 0.25) is 0 Å². The van der Waals surface area contributed by atoms with E-state index in [0.29, 0.717) is 25.2 Å². The first-order chi connectivity index (χ1) is 10.0. The molecule has 4 nitrogen and oxygen atoms in total. The van der Waals surface area contributed by atoms with E-state index in [2.05, 4.69) is 9.97 Å². The van der Waals surface area contributed by atoms with Gasteiger partial charge in [0.1, 0.15) is 11.5 Å². The molecule has 2 aromatic heterocycles. The van der Waals surface area contributed by atoms with Gasteiger partial charge >= 0.3 is 0 Å². The highest BCUT2D eigenvalue weighted by Gasteiger charge is 2.09. The second-order valence-electron chi connectivity index (χ2n) is 5.04. The Hall–Kier alpha value is -2.14. The maximum Gasteiger partial charge on any atom is 0.182 e. The molecule has 0 N–H and O–H groups in total. The van der Waals surface area contributed by atoms with E-state index in [9.17, 15) is 9.18 Å². The van der Waals surface area contributed by atoms with Gasteiger partial charge in [0.15, 0.2) is 5.78 Å². The molecule has 5 heteroatoms. The van der Waals surface area contributed by atoms with Crippen molar-refractivity contribution >= 4 is 5.78 Å². The molecule has 2 aromatic rings. The Morgan fingerprint density at radius 2 is 2.10 bits per heavy atom. The first-order valence-corrected chi connectivity index (χ1v) is 6.80. The molecule has 0 radical (unpaired) electrons. The predicted molar refractivity (Wildman–Crippen MR) is 78.5 cm³/mol. The van der Waals surface area contributed by atoms with Crippen molar-refractivity contribution in [2.75, 3.05) is 13.6 Å². The summed E-state index contributed by atoms with van der Waals surface area (Å²) >= 11 is 0. The van der Waals surface area contributed by atoms with Crippen molar-refractivity contribution in [2.24, 2.45) is 0 Å². The third-order valence-corrected chi connectivity index (χ3v) is 3.11. The van der Waals surface area contributed by atoms with Crippen molar-refractivity contribution in [3.05, 3.63) is 59.4 Å². The lowest BCUT2D eigenvalue weighted by Gasteiger charge is -2.15. The van der Waals surface area contributed by atoms with Gasteiger partial charge in [-0.15, -0.1) is 0 Å². The molecule has 2 heterocycles. The van der Waals surface area contributed by atoms with Gasteiger partial charge in [-0.05, 0) is 38.2 Å². The van der Waals surface area contributed by atoms with Crippen LogP contribution in [0.4, 0.5) is 4.39 Å². The summed E-state index contributed by atoms with van der Waals surface area (Å²) in [6.07, 6.45) is 1.41. The summed E-state index contributed by atoms with van der Waals surface area (Å²) in [5, 5.41) is 0. The summed E-state index contributed by atoms with van der Waals surface area (Å²) in [6, 6.07) is 8.56. The van der Waals surface area contributed by atoms with Gasteiger partial charge in [-0.3, -0.25) is 14.8 Å². The zero-order valence-corrected chi connectivity index (χ0v) is 12.2. The highest BCUT2D eigenvalue weighted by atomic mass is 19.1. The van der Waals surface area contributed by atoms with Crippen LogP contribution in [0.25, 0.3) is 0 Å². The Labute approximate surface area is 123 Å². The zero-order chi connectivity index (χ0) is 15.2. The van der Waals surface area contributed by atoms with Gasteiger partial charge in [-0.1, -0.05) is 6.07 Å². The van der Waals surface area contributed by atoms with E-state index in [1.165, 1.54) is 12.1 Å². The lowest BCUT2D eigenvalue weighted by Crippen LogP contribution is -2.22. The number of Topliss-reactive ketones (excluding diaryl/α,β-unsaturated/α-hetero) is 1. The van der Waals surface area contributed by atoms with E-state index in [4.69, 9.17) is 0 Å². The van der Waals surface area contributed by atoms with Crippen molar-refractivity contribution < 1.29 is 9.18 Å². The van der Waals surface area contributed by atoms with Gasteiger partial charge in [0.05, 0.1) is 11.9 Å². The lowest BCUT2D eigenvalue weighted by atomic mass is 10.2. The predicted octanol–water partition coefficient (Wildman–Crippen LogP) is 2.63. The van der Waals surface area contributed by atoms with E-state index in [0.717, 1.165) is 17.6 Å². The molecular weight excluding hydrogens is 269 g/mol. The van der Waals surface area contributed by atoms with E-state index in [1.54, 1.807) is 0 Å². The Balaban J connectivity index is 1.84. The molecule has 0 bridgehead atoms. The fourth-order valence-corrected chi connectivity index (χ4v) is 2.00. The molecule has 0 saturated carbocycles. The van der Waals surface area contributed by atoms with Crippen LogP contribution < -0.4 is 0 Å². The number of pyridine rings is 2. The zero-order valence-electron chi connectivity index (χ0n) is 12.2. The van der Waals surface area contributed by atoms with E-state index in [1.807, 2.05) is 37.1 Å². The van der Waals surface area contributed by atoms with Crippen LogP contribution in [0.1, 0.15) is 28.3 Å². The standard InChI is InChI=1S/C16H18FN3O/c1-12-4-3-5-14(19-12)11-20(2)9-8-16(21)15-7-6-13(17)10-18-15/h3-7,10H,8-9,11H2,1-2H3. The van der Waals surface area contributed by atoms with Gasteiger partial charge in [-0.25, -0.2) is 4.39 Å². The van der Waals surface area contributed by atoms with Crippen molar-refractivity contribution in [1.82, 2.24) is 14.9 Å². The molecule has 0 aliphatic heterocycles. The monoisotopic (exact) mass is 287 g/mol. The van der Waals surface area contributed by atoms with Crippen molar-refractivity contribution in [3.8, 4) is 0 Å². The van der Waals surface area contributed by atoms with Crippen molar-refractivity contribution in [1.29, 1.82) is 0 Å². The molecule has 0 aliphatic rings. The van der Waals surface area contributed by atoms with Crippen LogP contribution >= 0.6 is 0 Å². The minimum absolute atomic E-state index is 0.0842. The van der Waals surface area contributed by atoms with Crippen LogP contribution in [0.5, 0.6) is 0 Å². The van der Waals surface area contributed by atoms with Crippen molar-refractivity contribution in [2.45, 2.75) is 19.9 Å². The average Bonchev–Trinajstić information content (AvgIpc) is 2.45. The summed E-state index contributed by atoms with van der Waals surface area (Å²) in [4.78, 5) is 22.2. The fourth-order valence-electron chi connectivity index (χ4n) is 2.00. The number of nitrogens with zero attached hydrogens (tertiary/aromatic N) is 3. The number of aromatic nitrogens is 2. The van der Waals surface area contributed by atoms with E-state index >= 15 is 0 Å². The second-order valence-corrected chi connectivity index (χ2v) is 5.04. The van der Waals surface area contributed by atoms with Crippen LogP contribution in [0, 0.1) is 12.7 Å². The third-order valence-electron chi connectivity index (χ3n) is 3.11. The number of rotatable bonds is 6. The van der Waals surface area contributed by atoms with Gasteiger partial charge in [0, 0.05) is 25.2 Å². The number of ketones is 1. The van der Waals surface area contributed by atoms with Gasteiger partial charge < -0.3 is 4.90 Å². The third kappa shape index (κ3) is 4.72. The number of hydrogen-bond acceptors (Lipinski definition) is 4. The van der Waals surface area contributed by atoms with Crippen LogP contribution in [0.15, 0.2) is 36.5 Å². The van der Waals surface area contributed by atoms with Crippen LogP contribution in [-0.2, 0) is 6.54 Å². The second kappa shape index (κ2) is 7.04. The molecule has 0 aromatic carbocycles. The minimum Gasteiger partial charge on any atom is -0.300 e. The first-order valence-electron chi connectivity index (χ1n) is 6.80. The number of carbonyl (C=O) groups is 1. The molecule has 0 amide bonds. The molecule has 2 rings (SSSR count). The molecule has 0 spiro atoms. The normalized spacial score (nSPS) is 10.9. The van der Waals surface area contributed by atoms with Crippen LogP contribution in [0.2, 0.25) is 0 Å². The summed E-state index contributed by atoms with van der Waals surface area (Å²) < 4.78 is 12.8. The molecule has 0 unspecified atom stereocenters. The Kier molecular flexibility index (Phi) is 5.11. The van der Waals surface area contributed by atoms with Crippen LogP contribution in [-0.4, -0.2) is 34.2 Å². The highest BCUT2D eigenvalue weighted by molar-refractivity contribution is 5.94. The number of halogens is 1. The lowest BCUT2D eigenvalue weighted by molar-refractivity contribution is 0.0962. The molecule has 0 saturated heterocycles. The van der Waals surface area contributed by atoms with Crippen molar-refractivity contribution in [3.63, 3.8) is 0 Å². The topological polar surface area (TPSA) is 46.1 Å². The highest BCUT2D eigenvalue weighted by Crippen LogP contribution is 2.05. The molecule has 110 valence electrons. The number of carbonyl (C=O) groups excluding carboxylic acids is 1. The summed E-state index contributed by atoms with van der Waals surface area (Å²) in [6.45, 7) is 3.24. The van der Waals surface area contributed by atoms with Crippen LogP contribution in [0.3, 0.4) is 0 Å². The Bertz CT molecular complexity index is 613. The molecule has 21 heavy (non-hydrogen) atoms. The molecular formula is C16H18FN3O. The fraction of sp³-hybridized carbons (Fsp3) is 0.312. The minimum atomic E-state index is -0.436. The molecule has 0 fully saturated rings. The molecule has 0 atom stereocenters. The maximum atomic E-state index is 12.8. The summed E-state index contributed by atoms with van der Waals surface area (Å²) in [5.74, 6) is -0.520. The summed E-state index contributed by atoms with van der Waals surface area (Å²) in [5.41, 5.74) is 2.26. The number of aryl methyl sites for hydroxylation is 1. The Morgan fingerprint density at radius 1 is 1.29 bits per heavy atom. The molecule has 0 aliphatic carbocycles. The number of hydrogen-bond donors (Lipinski definition) is 0. The maximum absolute atomic E-state index is 12.8. The smallest absolute Gasteiger partial charge is 0.182 e. The SMILES string of the molecule is Cc1cccc(CN(C)CCC(=O)c2ccc(F)cn2)n1. The Morgan fingerprint density at radius 3 is 2.76 bits per heavy atom. The quantitative estimate of drug-likeness (QED) is 0.766. The van der Waals surface area contributed by atoms with Gasteiger partial charge in [0.25, 0.3) is 0 Å². The van der Waals surface area contributed by atoms with E-state index in [-0.39, 0.29) is 5.78 Å². The largest absolute Gasteiger partial charge is 0.300 e.